The number of aromatic nitrogens is 2. The van der Waals surface area contributed by atoms with Crippen molar-refractivity contribution < 1.29 is 4.79 Å². The van der Waals surface area contributed by atoms with Gasteiger partial charge < -0.3 is 5.32 Å². The highest BCUT2D eigenvalue weighted by Crippen LogP contribution is 2.25. The van der Waals surface area contributed by atoms with E-state index in [2.05, 4.69) is 31.4 Å². The van der Waals surface area contributed by atoms with Gasteiger partial charge in [0.1, 0.15) is 0 Å². The maximum Gasteiger partial charge on any atom is 0.286 e. The number of rotatable bonds is 2. The number of anilines is 1. The Morgan fingerprint density at radius 3 is 2.44 bits per heavy atom. The van der Waals surface area contributed by atoms with E-state index in [0.717, 1.165) is 32.6 Å². The Balaban J connectivity index is 2.22. The van der Waals surface area contributed by atoms with Gasteiger partial charge in [-0.15, -0.1) is 10.2 Å². The molecule has 0 fully saturated rings. The second-order valence-electron chi connectivity index (χ2n) is 3.74. The zero-order valence-electron chi connectivity index (χ0n) is 9.62. The van der Waals surface area contributed by atoms with Crippen molar-refractivity contribution in [2.24, 2.45) is 0 Å². The van der Waals surface area contributed by atoms with Crippen LogP contribution in [0.1, 0.15) is 20.9 Å². The molecule has 0 bridgehead atoms. The van der Waals surface area contributed by atoms with E-state index < -0.39 is 0 Å². The average Bonchev–Trinajstić information content (AvgIpc) is 2.72. The van der Waals surface area contributed by atoms with E-state index in [0.29, 0.717) is 0 Å². The number of amides is 1. The van der Waals surface area contributed by atoms with Crippen LogP contribution in [0.3, 0.4) is 0 Å². The lowest BCUT2D eigenvalue weighted by Crippen LogP contribution is -2.12. The van der Waals surface area contributed by atoms with Gasteiger partial charge in [-0.05, 0) is 48.7 Å². The van der Waals surface area contributed by atoms with Gasteiger partial charge in [-0.25, -0.2) is 0 Å². The molecular weight excluding hydrogens is 338 g/mol. The molecule has 94 valence electrons. The van der Waals surface area contributed by atoms with Gasteiger partial charge in [0, 0.05) is 10.2 Å². The highest BCUT2D eigenvalue weighted by atomic mass is 79.9. The first-order valence-electron chi connectivity index (χ1n) is 5.04. The minimum absolute atomic E-state index is 0.248. The number of carbonyl (C=O) groups excluding carboxylic acids is 1. The molecule has 2 rings (SSSR count). The second-order valence-corrected chi connectivity index (χ2v) is 6.09. The first-order valence-corrected chi connectivity index (χ1v) is 7.03. The molecule has 0 saturated carbocycles. The fourth-order valence-corrected chi connectivity index (χ4v) is 2.45. The van der Waals surface area contributed by atoms with Gasteiger partial charge in [-0.2, -0.15) is 0 Å². The Morgan fingerprint density at radius 1 is 1.33 bits per heavy atom. The molecule has 1 N–H and O–H groups in total. The van der Waals surface area contributed by atoms with Gasteiger partial charge in [0.05, 0.1) is 0 Å². The Kier molecular flexibility index (Phi) is 3.99. The number of nitrogens with one attached hydrogen (secondary N) is 1. The van der Waals surface area contributed by atoms with Crippen molar-refractivity contribution in [3.05, 3.63) is 37.2 Å². The van der Waals surface area contributed by atoms with Gasteiger partial charge in [-0.3, -0.25) is 4.79 Å². The van der Waals surface area contributed by atoms with Gasteiger partial charge in [0.2, 0.25) is 9.47 Å². The smallest absolute Gasteiger partial charge is 0.286 e. The van der Waals surface area contributed by atoms with E-state index in [4.69, 9.17) is 11.6 Å². The fourth-order valence-electron chi connectivity index (χ4n) is 1.50. The van der Waals surface area contributed by atoms with Crippen molar-refractivity contribution in [1.82, 2.24) is 10.2 Å². The monoisotopic (exact) mass is 345 g/mol. The molecule has 0 saturated heterocycles. The predicted molar refractivity (Wildman–Crippen MR) is 76.5 cm³/mol. The lowest BCUT2D eigenvalue weighted by molar-refractivity contribution is 0.102. The highest BCUT2D eigenvalue weighted by Gasteiger charge is 2.13. The third-order valence-corrected chi connectivity index (χ3v) is 4.56. The SMILES string of the molecule is Cc1cc(NC(=O)c2nnc(Cl)s2)cc(C)c1Br. The lowest BCUT2D eigenvalue weighted by atomic mass is 10.1. The predicted octanol–water partition coefficient (Wildman–Crippen LogP) is 3.82. The minimum Gasteiger partial charge on any atom is -0.320 e. The number of nitrogens with zero attached hydrogens (tertiary/aromatic N) is 2. The molecule has 0 aliphatic heterocycles. The van der Waals surface area contributed by atoms with Crippen molar-refractivity contribution in [3.8, 4) is 0 Å². The van der Waals surface area contributed by atoms with Crippen LogP contribution < -0.4 is 5.32 Å². The van der Waals surface area contributed by atoms with E-state index in [9.17, 15) is 4.79 Å². The third kappa shape index (κ3) is 2.88. The topological polar surface area (TPSA) is 54.9 Å². The standard InChI is InChI=1S/C11H9BrClN3OS/c1-5-3-7(4-6(2)8(5)12)14-9(17)10-15-16-11(13)18-10/h3-4H,1-2H3,(H,14,17). The molecule has 0 unspecified atom stereocenters. The molecule has 1 aromatic heterocycles. The van der Waals surface area contributed by atoms with E-state index in [1.165, 1.54) is 0 Å². The zero-order valence-corrected chi connectivity index (χ0v) is 12.8. The van der Waals surface area contributed by atoms with E-state index in [1.54, 1.807) is 0 Å². The summed E-state index contributed by atoms with van der Waals surface area (Å²) in [6, 6.07) is 3.77. The van der Waals surface area contributed by atoms with Crippen molar-refractivity contribution in [2.75, 3.05) is 5.32 Å². The average molecular weight is 347 g/mol. The van der Waals surface area contributed by atoms with E-state index >= 15 is 0 Å². The number of hydrogen-bond acceptors (Lipinski definition) is 4. The maximum absolute atomic E-state index is 11.9. The van der Waals surface area contributed by atoms with Crippen LogP contribution in [0.15, 0.2) is 16.6 Å². The van der Waals surface area contributed by atoms with Gasteiger partial charge in [0.25, 0.3) is 5.91 Å². The molecule has 2 aromatic rings. The summed E-state index contributed by atoms with van der Waals surface area (Å²) in [5, 5.41) is 10.3. The second kappa shape index (κ2) is 5.34. The van der Waals surface area contributed by atoms with Crippen LogP contribution >= 0.6 is 38.9 Å². The Hall–Kier alpha value is -0.980. The molecule has 0 aliphatic carbocycles. The van der Waals surface area contributed by atoms with Gasteiger partial charge in [0.15, 0.2) is 0 Å². The molecule has 0 aliphatic rings. The van der Waals surface area contributed by atoms with Crippen LogP contribution in [0.5, 0.6) is 0 Å². The number of halogens is 2. The summed E-state index contributed by atoms with van der Waals surface area (Å²) in [6.45, 7) is 3.93. The summed E-state index contributed by atoms with van der Waals surface area (Å²) in [6.07, 6.45) is 0. The van der Waals surface area contributed by atoms with Gasteiger partial charge in [-0.1, -0.05) is 27.3 Å². The normalized spacial score (nSPS) is 10.4. The zero-order chi connectivity index (χ0) is 13.3. The molecule has 1 heterocycles. The summed E-state index contributed by atoms with van der Waals surface area (Å²) in [5.41, 5.74) is 2.84. The first kappa shape index (κ1) is 13.5. The summed E-state index contributed by atoms with van der Waals surface area (Å²) >= 11 is 10.2. The quantitative estimate of drug-likeness (QED) is 0.899. The van der Waals surface area contributed by atoms with Gasteiger partial charge >= 0.3 is 0 Å². The molecule has 0 spiro atoms. The minimum atomic E-state index is -0.305. The van der Waals surface area contributed by atoms with Crippen molar-refractivity contribution in [3.63, 3.8) is 0 Å². The third-order valence-electron chi connectivity index (χ3n) is 2.29. The molecule has 0 radical (unpaired) electrons. The number of aryl methyl sites for hydroxylation is 2. The first-order chi connectivity index (χ1) is 8.47. The molecule has 0 atom stereocenters. The largest absolute Gasteiger partial charge is 0.320 e. The molecule has 18 heavy (non-hydrogen) atoms. The summed E-state index contributed by atoms with van der Waals surface area (Å²) in [5.74, 6) is -0.305. The Morgan fingerprint density at radius 2 is 1.94 bits per heavy atom. The molecule has 1 amide bonds. The summed E-state index contributed by atoms with van der Waals surface area (Å²) in [4.78, 5) is 11.9. The van der Waals surface area contributed by atoms with Crippen LogP contribution in [0.2, 0.25) is 4.47 Å². The lowest BCUT2D eigenvalue weighted by Gasteiger charge is -2.08. The molecule has 4 nitrogen and oxygen atoms in total. The fraction of sp³-hybridized carbons (Fsp3) is 0.182. The van der Waals surface area contributed by atoms with E-state index in [-0.39, 0.29) is 15.4 Å². The maximum atomic E-state index is 11.9. The van der Waals surface area contributed by atoms with Crippen molar-refractivity contribution in [1.29, 1.82) is 0 Å². The van der Waals surface area contributed by atoms with E-state index in [1.807, 2.05) is 26.0 Å². The molecular formula is C11H9BrClN3OS. The molecule has 7 heteroatoms. The number of benzene rings is 1. The van der Waals surface area contributed by atoms with Crippen LogP contribution in [-0.2, 0) is 0 Å². The van der Waals surface area contributed by atoms with Crippen LogP contribution in [0.4, 0.5) is 5.69 Å². The molecule has 1 aromatic carbocycles. The Bertz CT molecular complexity index is 591. The van der Waals surface area contributed by atoms with Crippen molar-refractivity contribution >= 4 is 50.5 Å². The summed E-state index contributed by atoms with van der Waals surface area (Å²) < 4.78 is 1.29. The van der Waals surface area contributed by atoms with Crippen LogP contribution in [0, 0.1) is 13.8 Å². The number of carbonyl (C=O) groups is 1. The van der Waals surface area contributed by atoms with Crippen LogP contribution in [-0.4, -0.2) is 16.1 Å². The van der Waals surface area contributed by atoms with Crippen molar-refractivity contribution in [2.45, 2.75) is 13.8 Å². The van der Waals surface area contributed by atoms with Crippen LogP contribution in [0.25, 0.3) is 0 Å². The highest BCUT2D eigenvalue weighted by molar-refractivity contribution is 9.10. The Labute approximate surface area is 122 Å². The summed E-state index contributed by atoms with van der Waals surface area (Å²) in [7, 11) is 0. The number of hydrogen-bond donors (Lipinski definition) is 1.